The summed E-state index contributed by atoms with van der Waals surface area (Å²) >= 11 is 0. The third kappa shape index (κ3) is 3.17. The van der Waals surface area contributed by atoms with Crippen LogP contribution in [0, 0.1) is 6.92 Å². The number of hydrogen-bond acceptors (Lipinski definition) is 5. The van der Waals surface area contributed by atoms with Gasteiger partial charge in [-0.1, -0.05) is 36.2 Å². The van der Waals surface area contributed by atoms with Crippen molar-refractivity contribution in [1.82, 2.24) is 25.2 Å². The molecule has 25 heavy (non-hydrogen) atoms. The molecule has 0 saturated heterocycles. The maximum absolute atomic E-state index is 12.2. The van der Waals surface area contributed by atoms with Crippen molar-refractivity contribution in [2.24, 2.45) is 0 Å². The first kappa shape index (κ1) is 15.6. The van der Waals surface area contributed by atoms with Gasteiger partial charge in [-0.3, -0.25) is 4.79 Å². The second-order valence-corrected chi connectivity index (χ2v) is 6.29. The van der Waals surface area contributed by atoms with E-state index in [4.69, 9.17) is 4.52 Å². The molecular weight excluding hydrogens is 318 g/mol. The molecule has 7 nitrogen and oxygen atoms in total. The fourth-order valence-electron chi connectivity index (χ4n) is 3.13. The quantitative estimate of drug-likeness (QED) is 0.791. The standard InChI is InChI=1S/C18H19N5O2/c1-12-15(11-23(21-12)14-9-3-2-4-10-14)16-20-18(25-22-16)17(24)19-13-7-5-6-8-13/h2-4,9-11,13H,5-8H2,1H3,(H,19,24). The summed E-state index contributed by atoms with van der Waals surface area (Å²) in [6, 6.07) is 10.00. The molecule has 0 radical (unpaired) electrons. The highest BCUT2D eigenvalue weighted by Gasteiger charge is 2.23. The lowest BCUT2D eigenvalue weighted by Crippen LogP contribution is -2.32. The van der Waals surface area contributed by atoms with E-state index in [1.54, 1.807) is 4.68 Å². The lowest BCUT2D eigenvalue weighted by Gasteiger charge is -2.08. The van der Waals surface area contributed by atoms with Crippen LogP contribution >= 0.6 is 0 Å². The van der Waals surface area contributed by atoms with E-state index in [-0.39, 0.29) is 17.8 Å². The van der Waals surface area contributed by atoms with Crippen molar-refractivity contribution in [3.63, 3.8) is 0 Å². The fraction of sp³-hybridized carbons (Fsp3) is 0.333. The Bertz CT molecular complexity index is 878. The Kier molecular flexibility index (Phi) is 4.05. The number of rotatable bonds is 4. The predicted molar refractivity (Wildman–Crippen MR) is 91.3 cm³/mol. The van der Waals surface area contributed by atoms with Gasteiger partial charge in [0.05, 0.1) is 16.9 Å². The molecular formula is C18H19N5O2. The summed E-state index contributed by atoms with van der Waals surface area (Å²) in [5.74, 6) is 0.0590. The van der Waals surface area contributed by atoms with Crippen molar-refractivity contribution >= 4 is 5.91 Å². The molecule has 0 unspecified atom stereocenters. The van der Waals surface area contributed by atoms with E-state index in [0.717, 1.165) is 42.6 Å². The molecule has 1 aliphatic carbocycles. The minimum atomic E-state index is -0.307. The summed E-state index contributed by atoms with van der Waals surface area (Å²) in [5, 5.41) is 11.4. The number of carbonyl (C=O) groups is 1. The number of aryl methyl sites for hydroxylation is 1. The summed E-state index contributed by atoms with van der Waals surface area (Å²) in [4.78, 5) is 16.5. The summed E-state index contributed by atoms with van der Waals surface area (Å²) in [7, 11) is 0. The molecule has 0 bridgehead atoms. The van der Waals surface area contributed by atoms with Gasteiger partial charge in [0.2, 0.25) is 5.82 Å². The maximum atomic E-state index is 12.2. The van der Waals surface area contributed by atoms with E-state index in [2.05, 4.69) is 20.6 Å². The van der Waals surface area contributed by atoms with Gasteiger partial charge in [-0.05, 0) is 31.9 Å². The molecule has 1 N–H and O–H groups in total. The number of amides is 1. The minimum absolute atomic E-state index is 0.00578. The SMILES string of the molecule is Cc1nn(-c2ccccc2)cc1-c1noc(C(=O)NC2CCCC2)n1. The van der Waals surface area contributed by atoms with Crippen LogP contribution < -0.4 is 5.32 Å². The van der Waals surface area contributed by atoms with Gasteiger partial charge in [0, 0.05) is 12.2 Å². The topological polar surface area (TPSA) is 85.8 Å². The maximum Gasteiger partial charge on any atom is 0.316 e. The number of hydrogen-bond donors (Lipinski definition) is 1. The van der Waals surface area contributed by atoms with Crippen molar-refractivity contribution in [2.45, 2.75) is 38.6 Å². The van der Waals surface area contributed by atoms with Gasteiger partial charge in [-0.2, -0.15) is 10.1 Å². The molecule has 1 aliphatic rings. The largest absolute Gasteiger partial charge is 0.345 e. The fourth-order valence-corrected chi connectivity index (χ4v) is 3.13. The highest BCUT2D eigenvalue weighted by molar-refractivity contribution is 5.90. The van der Waals surface area contributed by atoms with Crippen LogP contribution in [0.25, 0.3) is 17.1 Å². The van der Waals surface area contributed by atoms with E-state index in [9.17, 15) is 4.79 Å². The normalized spacial score (nSPS) is 14.8. The first-order valence-electron chi connectivity index (χ1n) is 8.47. The smallest absolute Gasteiger partial charge is 0.316 e. The Morgan fingerprint density at radius 2 is 2.00 bits per heavy atom. The van der Waals surface area contributed by atoms with Crippen LogP contribution in [0.4, 0.5) is 0 Å². The van der Waals surface area contributed by atoms with Crippen LogP contribution in [-0.4, -0.2) is 31.9 Å². The lowest BCUT2D eigenvalue weighted by atomic mass is 10.2. The highest BCUT2D eigenvalue weighted by Crippen LogP contribution is 2.22. The molecule has 0 aliphatic heterocycles. The van der Waals surface area contributed by atoms with Gasteiger partial charge >= 0.3 is 11.8 Å². The van der Waals surface area contributed by atoms with Crippen LogP contribution in [0.3, 0.4) is 0 Å². The van der Waals surface area contributed by atoms with Gasteiger partial charge in [0.1, 0.15) is 0 Å². The highest BCUT2D eigenvalue weighted by atomic mass is 16.5. The summed E-state index contributed by atoms with van der Waals surface area (Å²) in [6.45, 7) is 1.88. The minimum Gasteiger partial charge on any atom is -0.345 e. The van der Waals surface area contributed by atoms with Crippen LogP contribution in [0.5, 0.6) is 0 Å². The second kappa shape index (κ2) is 6.51. The molecule has 128 valence electrons. The Morgan fingerprint density at radius 3 is 2.76 bits per heavy atom. The molecule has 0 spiro atoms. The molecule has 7 heteroatoms. The number of carbonyl (C=O) groups excluding carboxylic acids is 1. The predicted octanol–water partition coefficient (Wildman–Crippen LogP) is 2.90. The van der Waals surface area contributed by atoms with Gasteiger partial charge in [-0.25, -0.2) is 4.68 Å². The first-order chi connectivity index (χ1) is 12.2. The van der Waals surface area contributed by atoms with Crippen LogP contribution in [-0.2, 0) is 0 Å². The first-order valence-corrected chi connectivity index (χ1v) is 8.47. The van der Waals surface area contributed by atoms with Crippen molar-refractivity contribution in [1.29, 1.82) is 0 Å². The van der Waals surface area contributed by atoms with Gasteiger partial charge in [-0.15, -0.1) is 0 Å². The average molecular weight is 337 g/mol. The number of nitrogens with zero attached hydrogens (tertiary/aromatic N) is 4. The molecule has 2 heterocycles. The zero-order valence-electron chi connectivity index (χ0n) is 14.0. The Balaban J connectivity index is 1.56. The Morgan fingerprint density at radius 1 is 1.24 bits per heavy atom. The van der Waals surface area contributed by atoms with Crippen molar-refractivity contribution in [3.8, 4) is 17.1 Å². The molecule has 1 saturated carbocycles. The molecule has 0 atom stereocenters. The van der Waals surface area contributed by atoms with Crippen LogP contribution in [0.1, 0.15) is 42.1 Å². The summed E-state index contributed by atoms with van der Waals surface area (Å²) in [6.07, 6.45) is 6.16. The molecule has 3 aromatic rings. The van der Waals surface area contributed by atoms with E-state index in [1.807, 2.05) is 43.5 Å². The van der Waals surface area contributed by atoms with Crippen molar-refractivity contribution in [2.75, 3.05) is 0 Å². The van der Waals surface area contributed by atoms with E-state index in [1.165, 1.54) is 0 Å². The number of para-hydroxylation sites is 1. The third-order valence-electron chi connectivity index (χ3n) is 4.47. The van der Waals surface area contributed by atoms with Gasteiger partial charge in [0.25, 0.3) is 0 Å². The van der Waals surface area contributed by atoms with E-state index in [0.29, 0.717) is 5.82 Å². The Hall–Kier alpha value is -2.96. The number of aromatic nitrogens is 4. The number of nitrogens with one attached hydrogen (secondary N) is 1. The van der Waals surface area contributed by atoms with Crippen LogP contribution in [0.2, 0.25) is 0 Å². The molecule has 1 amide bonds. The lowest BCUT2D eigenvalue weighted by molar-refractivity contribution is 0.0893. The monoisotopic (exact) mass is 337 g/mol. The molecule has 4 rings (SSSR count). The van der Waals surface area contributed by atoms with E-state index >= 15 is 0 Å². The third-order valence-corrected chi connectivity index (χ3v) is 4.47. The zero-order valence-corrected chi connectivity index (χ0v) is 14.0. The average Bonchev–Trinajstić information content (AvgIpc) is 3.36. The molecule has 2 aromatic heterocycles. The summed E-state index contributed by atoms with van der Waals surface area (Å²) < 4.78 is 6.91. The molecule has 1 aromatic carbocycles. The molecule has 1 fully saturated rings. The Labute approximate surface area is 145 Å². The number of benzene rings is 1. The zero-order chi connectivity index (χ0) is 17.2. The second-order valence-electron chi connectivity index (χ2n) is 6.29. The van der Waals surface area contributed by atoms with Crippen LogP contribution in [0.15, 0.2) is 41.1 Å². The summed E-state index contributed by atoms with van der Waals surface area (Å²) in [5.41, 5.74) is 2.46. The van der Waals surface area contributed by atoms with Gasteiger partial charge in [0.15, 0.2) is 0 Å². The van der Waals surface area contributed by atoms with Gasteiger partial charge < -0.3 is 9.84 Å². The van der Waals surface area contributed by atoms with E-state index < -0.39 is 0 Å². The van der Waals surface area contributed by atoms with Crippen molar-refractivity contribution in [3.05, 3.63) is 48.1 Å². The van der Waals surface area contributed by atoms with Crippen molar-refractivity contribution < 1.29 is 9.32 Å².